The first-order chi connectivity index (χ1) is 13.2. The van der Waals surface area contributed by atoms with Gasteiger partial charge in [-0.25, -0.2) is 4.39 Å². The number of halogens is 1. The van der Waals surface area contributed by atoms with Crippen LogP contribution in [-0.2, 0) is 24.2 Å². The average molecular weight is 368 g/mol. The molecule has 0 aromatic heterocycles. The molecule has 0 spiro atoms. The Kier molecular flexibility index (Phi) is 5.39. The fourth-order valence-corrected chi connectivity index (χ4v) is 3.86. The van der Waals surface area contributed by atoms with E-state index < -0.39 is 0 Å². The summed E-state index contributed by atoms with van der Waals surface area (Å²) in [6, 6.07) is 12.8. The fourth-order valence-electron chi connectivity index (χ4n) is 3.86. The minimum atomic E-state index is -0.204. The molecule has 1 saturated heterocycles. The Bertz CT molecular complexity index is 806. The van der Waals surface area contributed by atoms with Crippen LogP contribution in [0.2, 0.25) is 0 Å². The van der Waals surface area contributed by atoms with E-state index in [0.717, 1.165) is 69.0 Å². The van der Waals surface area contributed by atoms with Crippen LogP contribution in [0.25, 0.3) is 0 Å². The van der Waals surface area contributed by atoms with E-state index in [1.165, 1.54) is 17.7 Å². The number of ether oxygens (including phenoxy) is 1. The summed E-state index contributed by atoms with van der Waals surface area (Å²) in [6.07, 6.45) is 2.34. The van der Waals surface area contributed by atoms with E-state index in [-0.39, 0.29) is 11.7 Å². The smallest absolute Gasteiger partial charge is 0.227 e. The molecule has 142 valence electrons. The Balaban J connectivity index is 1.32. The Morgan fingerprint density at radius 1 is 1.00 bits per heavy atom. The van der Waals surface area contributed by atoms with E-state index in [4.69, 9.17) is 4.74 Å². The summed E-state index contributed by atoms with van der Waals surface area (Å²) >= 11 is 0. The zero-order chi connectivity index (χ0) is 18.6. The molecule has 1 amide bonds. The van der Waals surface area contributed by atoms with Gasteiger partial charge in [0.15, 0.2) is 0 Å². The molecule has 2 heterocycles. The highest BCUT2D eigenvalue weighted by atomic mass is 19.1. The third kappa shape index (κ3) is 4.48. The van der Waals surface area contributed by atoms with Crippen molar-refractivity contribution >= 4 is 5.91 Å². The Morgan fingerprint density at radius 3 is 2.67 bits per heavy atom. The van der Waals surface area contributed by atoms with E-state index in [0.29, 0.717) is 6.42 Å². The molecule has 4 rings (SSSR count). The topological polar surface area (TPSA) is 32.8 Å². The highest BCUT2D eigenvalue weighted by Gasteiger charge is 2.20. The van der Waals surface area contributed by atoms with Crippen molar-refractivity contribution in [2.45, 2.75) is 25.8 Å². The molecule has 1 fully saturated rings. The molecule has 0 unspecified atom stereocenters. The molecule has 0 radical (unpaired) electrons. The normalized spacial score (nSPS) is 17.3. The maximum Gasteiger partial charge on any atom is 0.227 e. The highest BCUT2D eigenvalue weighted by Crippen LogP contribution is 2.26. The van der Waals surface area contributed by atoms with E-state index in [1.54, 1.807) is 0 Å². The Morgan fingerprint density at radius 2 is 1.81 bits per heavy atom. The molecule has 0 aliphatic carbocycles. The number of rotatable bonds is 4. The summed E-state index contributed by atoms with van der Waals surface area (Å²) < 4.78 is 18.6. The van der Waals surface area contributed by atoms with Gasteiger partial charge in [0, 0.05) is 39.1 Å². The van der Waals surface area contributed by atoms with E-state index in [1.807, 2.05) is 29.2 Å². The van der Waals surface area contributed by atoms with Crippen LogP contribution in [0.5, 0.6) is 5.75 Å². The lowest BCUT2D eigenvalue weighted by Gasteiger charge is -2.22. The molecular formula is C22H25FN2O2. The molecule has 2 aromatic rings. The molecule has 0 saturated carbocycles. The van der Waals surface area contributed by atoms with Gasteiger partial charge in [0.1, 0.15) is 11.6 Å². The maximum absolute atomic E-state index is 13.1. The monoisotopic (exact) mass is 368 g/mol. The lowest BCUT2D eigenvalue weighted by Crippen LogP contribution is -2.36. The lowest BCUT2D eigenvalue weighted by molar-refractivity contribution is -0.130. The fraction of sp³-hybridized carbons (Fsp3) is 0.409. The number of amides is 1. The SMILES string of the molecule is O=C(Cc1ccc2c(c1)CCO2)N1CCCN(Cc2ccc(F)cc2)CC1. The summed E-state index contributed by atoms with van der Waals surface area (Å²) in [4.78, 5) is 17.1. The second-order valence-corrected chi connectivity index (χ2v) is 7.35. The summed E-state index contributed by atoms with van der Waals surface area (Å²) in [5, 5.41) is 0. The van der Waals surface area contributed by atoms with Gasteiger partial charge in [-0.1, -0.05) is 24.3 Å². The van der Waals surface area contributed by atoms with Crippen LogP contribution < -0.4 is 4.74 Å². The predicted molar refractivity (Wildman–Crippen MR) is 102 cm³/mol. The summed E-state index contributed by atoms with van der Waals surface area (Å²) in [5.41, 5.74) is 3.38. The number of fused-ring (bicyclic) bond motifs is 1. The van der Waals surface area contributed by atoms with E-state index in [9.17, 15) is 9.18 Å². The number of carbonyl (C=O) groups is 1. The second kappa shape index (κ2) is 8.09. The van der Waals surface area contributed by atoms with Crippen LogP contribution in [0, 0.1) is 5.82 Å². The van der Waals surface area contributed by atoms with Crippen molar-refractivity contribution in [1.82, 2.24) is 9.80 Å². The van der Waals surface area contributed by atoms with Crippen molar-refractivity contribution in [1.29, 1.82) is 0 Å². The van der Waals surface area contributed by atoms with E-state index in [2.05, 4.69) is 11.0 Å². The van der Waals surface area contributed by atoms with Crippen molar-refractivity contribution in [3.05, 3.63) is 65.0 Å². The van der Waals surface area contributed by atoms with Gasteiger partial charge in [-0.05, 0) is 41.3 Å². The zero-order valence-electron chi connectivity index (χ0n) is 15.5. The van der Waals surface area contributed by atoms with Gasteiger partial charge in [-0.3, -0.25) is 9.69 Å². The number of hydrogen-bond donors (Lipinski definition) is 0. The van der Waals surface area contributed by atoms with Gasteiger partial charge in [-0.2, -0.15) is 0 Å². The van der Waals surface area contributed by atoms with Crippen molar-refractivity contribution < 1.29 is 13.9 Å². The first-order valence-corrected chi connectivity index (χ1v) is 9.66. The molecule has 2 aliphatic heterocycles. The average Bonchev–Trinajstić information content (AvgIpc) is 3.01. The van der Waals surface area contributed by atoms with Crippen LogP contribution in [0.3, 0.4) is 0 Å². The second-order valence-electron chi connectivity index (χ2n) is 7.35. The minimum absolute atomic E-state index is 0.192. The summed E-state index contributed by atoms with van der Waals surface area (Å²) in [5.74, 6) is 0.944. The van der Waals surface area contributed by atoms with Gasteiger partial charge in [0.25, 0.3) is 0 Å². The quantitative estimate of drug-likeness (QED) is 0.832. The van der Waals surface area contributed by atoms with Crippen molar-refractivity contribution in [3.63, 3.8) is 0 Å². The largest absolute Gasteiger partial charge is 0.493 e. The van der Waals surface area contributed by atoms with Crippen molar-refractivity contribution in [3.8, 4) is 5.75 Å². The lowest BCUT2D eigenvalue weighted by atomic mass is 10.1. The summed E-state index contributed by atoms with van der Waals surface area (Å²) in [7, 11) is 0. The van der Waals surface area contributed by atoms with Crippen LogP contribution in [-0.4, -0.2) is 48.5 Å². The molecule has 0 N–H and O–H groups in total. The molecule has 0 atom stereocenters. The number of benzene rings is 2. The van der Waals surface area contributed by atoms with Crippen LogP contribution in [0.15, 0.2) is 42.5 Å². The molecular weight excluding hydrogens is 343 g/mol. The van der Waals surface area contributed by atoms with E-state index >= 15 is 0 Å². The highest BCUT2D eigenvalue weighted by molar-refractivity contribution is 5.79. The summed E-state index contributed by atoms with van der Waals surface area (Å²) in [6.45, 7) is 4.88. The first kappa shape index (κ1) is 18.0. The third-order valence-corrected chi connectivity index (χ3v) is 5.37. The molecule has 5 heteroatoms. The van der Waals surface area contributed by atoms with Crippen LogP contribution >= 0.6 is 0 Å². The Labute approximate surface area is 159 Å². The van der Waals surface area contributed by atoms with Crippen molar-refractivity contribution in [2.75, 3.05) is 32.8 Å². The van der Waals surface area contributed by atoms with Crippen LogP contribution in [0.4, 0.5) is 4.39 Å². The van der Waals surface area contributed by atoms with Crippen molar-refractivity contribution in [2.24, 2.45) is 0 Å². The van der Waals surface area contributed by atoms with Gasteiger partial charge in [-0.15, -0.1) is 0 Å². The molecule has 0 bridgehead atoms. The van der Waals surface area contributed by atoms with Gasteiger partial charge in [0.05, 0.1) is 13.0 Å². The molecule has 2 aromatic carbocycles. The first-order valence-electron chi connectivity index (χ1n) is 9.66. The third-order valence-electron chi connectivity index (χ3n) is 5.37. The predicted octanol–water partition coefficient (Wildman–Crippen LogP) is 3.04. The van der Waals surface area contributed by atoms with Gasteiger partial charge in [0.2, 0.25) is 5.91 Å². The Hall–Kier alpha value is -2.40. The molecule has 4 nitrogen and oxygen atoms in total. The number of nitrogens with zero attached hydrogens (tertiary/aromatic N) is 2. The van der Waals surface area contributed by atoms with Crippen LogP contribution in [0.1, 0.15) is 23.1 Å². The molecule has 2 aliphatic rings. The minimum Gasteiger partial charge on any atom is -0.493 e. The maximum atomic E-state index is 13.1. The van der Waals surface area contributed by atoms with Gasteiger partial charge < -0.3 is 9.64 Å². The standard InChI is InChI=1S/C22H25FN2O2/c23-20-5-2-17(3-6-20)16-24-9-1-10-25(12-11-24)22(26)15-18-4-7-21-19(14-18)8-13-27-21/h2-7,14H,1,8-13,15-16H2. The number of hydrogen-bond acceptors (Lipinski definition) is 3. The van der Waals surface area contributed by atoms with Gasteiger partial charge >= 0.3 is 0 Å². The molecule has 27 heavy (non-hydrogen) atoms. The number of carbonyl (C=O) groups excluding carboxylic acids is 1. The zero-order valence-corrected chi connectivity index (χ0v) is 15.5.